The number of phenolic OH excluding ortho intramolecular Hbond substituents is 1. The van der Waals surface area contributed by atoms with Crippen LogP contribution in [0.15, 0.2) is 54.6 Å². The van der Waals surface area contributed by atoms with Crippen LogP contribution in [0.3, 0.4) is 0 Å². The van der Waals surface area contributed by atoms with Crippen LogP contribution in [0.1, 0.15) is 49.3 Å². The number of nitrogens with one attached hydrogen (secondary N) is 2. The molecule has 0 radical (unpaired) electrons. The smallest absolute Gasteiger partial charge is 0.246 e. The van der Waals surface area contributed by atoms with Gasteiger partial charge in [-0.1, -0.05) is 48.9 Å². The van der Waals surface area contributed by atoms with Crippen molar-refractivity contribution in [1.82, 2.24) is 15.5 Å². The summed E-state index contributed by atoms with van der Waals surface area (Å²) in [6, 6.07) is 14.3. The lowest BCUT2D eigenvalue weighted by atomic mass is 9.92. The first kappa shape index (κ1) is 27.6. The van der Waals surface area contributed by atoms with Crippen LogP contribution in [-0.2, 0) is 20.8 Å². The van der Waals surface area contributed by atoms with Crippen molar-refractivity contribution in [2.75, 3.05) is 34.2 Å². The number of amides is 3. The van der Waals surface area contributed by atoms with E-state index in [4.69, 9.17) is 0 Å². The highest BCUT2D eigenvalue weighted by molar-refractivity contribution is 5.99. The zero-order chi connectivity index (χ0) is 27.3. The lowest BCUT2D eigenvalue weighted by Crippen LogP contribution is -2.62. The number of carbonyl (C=O) groups is 3. The third-order valence-corrected chi connectivity index (χ3v) is 7.57. The van der Waals surface area contributed by atoms with E-state index < -0.39 is 24.0 Å². The van der Waals surface area contributed by atoms with Gasteiger partial charge in [0.1, 0.15) is 17.8 Å². The SMILES string of the molecule is C[N+](C)(C)CCCCCCNC(=O)[C@H]1C[C@H]2C(=O)N[C@@H](Cc3ccccc3)C(=O)N2[C@H]1c1ccc(O)cc1. The Morgan fingerprint density at radius 3 is 2.37 bits per heavy atom. The number of aromatic hydroxyl groups is 1. The summed E-state index contributed by atoms with van der Waals surface area (Å²) in [5.74, 6) is -0.970. The van der Waals surface area contributed by atoms with E-state index in [2.05, 4.69) is 31.8 Å². The maximum atomic E-state index is 13.7. The second kappa shape index (κ2) is 12.0. The maximum absolute atomic E-state index is 13.7. The van der Waals surface area contributed by atoms with Gasteiger partial charge < -0.3 is 25.1 Å². The molecular weight excluding hydrogens is 480 g/mol. The molecule has 2 fully saturated rings. The van der Waals surface area contributed by atoms with Crippen LogP contribution in [0.5, 0.6) is 5.75 Å². The van der Waals surface area contributed by atoms with Gasteiger partial charge in [-0.25, -0.2) is 0 Å². The van der Waals surface area contributed by atoms with Gasteiger partial charge in [0.05, 0.1) is 39.6 Å². The Bertz CT molecular complexity index is 1110. The predicted octanol–water partition coefficient (Wildman–Crippen LogP) is 2.77. The Balaban J connectivity index is 1.46. The second-order valence-corrected chi connectivity index (χ2v) is 11.6. The van der Waals surface area contributed by atoms with Gasteiger partial charge in [-0.05, 0) is 48.9 Å². The lowest BCUT2D eigenvalue weighted by molar-refractivity contribution is -0.870. The van der Waals surface area contributed by atoms with Gasteiger partial charge in [0.2, 0.25) is 17.7 Å². The van der Waals surface area contributed by atoms with Gasteiger partial charge in [-0.15, -0.1) is 0 Å². The van der Waals surface area contributed by atoms with Crippen molar-refractivity contribution in [2.45, 2.75) is 56.7 Å². The standard InChI is InChI=1S/C30H40N4O4/c1-34(2,3)18-10-5-4-9-17-31-28(36)24-20-26-29(37)32-25(19-21-11-7-6-8-12-21)30(38)33(26)27(24)22-13-15-23(35)16-14-22/h6-8,11-16,24-27H,4-5,9-10,17-20H2,1-3H3,(H2-,31,32,35,36,37)/p+1/t24-,25-,26-,27-/m0/s1. The highest BCUT2D eigenvalue weighted by Crippen LogP contribution is 2.43. The number of benzene rings is 2. The number of hydrogen-bond acceptors (Lipinski definition) is 4. The van der Waals surface area contributed by atoms with E-state index in [1.165, 1.54) is 0 Å². The molecule has 0 saturated carbocycles. The highest BCUT2D eigenvalue weighted by Gasteiger charge is 2.54. The highest BCUT2D eigenvalue weighted by atomic mass is 16.3. The normalized spacial score (nSPS) is 23.2. The van der Waals surface area contributed by atoms with Crippen molar-refractivity contribution < 1.29 is 24.0 Å². The number of piperazine rings is 1. The topological polar surface area (TPSA) is 98.7 Å². The zero-order valence-corrected chi connectivity index (χ0v) is 22.7. The van der Waals surface area contributed by atoms with Crippen LogP contribution in [0.25, 0.3) is 0 Å². The summed E-state index contributed by atoms with van der Waals surface area (Å²) < 4.78 is 0.952. The molecule has 0 bridgehead atoms. The van der Waals surface area contributed by atoms with Crippen LogP contribution in [-0.4, -0.2) is 78.5 Å². The molecule has 4 rings (SSSR count). The molecule has 8 nitrogen and oxygen atoms in total. The van der Waals surface area contributed by atoms with Crippen LogP contribution >= 0.6 is 0 Å². The quantitative estimate of drug-likeness (QED) is 0.313. The molecule has 0 aliphatic carbocycles. The molecule has 3 N–H and O–H groups in total. The average Bonchev–Trinajstić information content (AvgIpc) is 3.28. The van der Waals surface area contributed by atoms with Crippen molar-refractivity contribution in [3.05, 3.63) is 65.7 Å². The van der Waals surface area contributed by atoms with Gasteiger partial charge in [0.15, 0.2) is 0 Å². The fraction of sp³-hybridized carbons (Fsp3) is 0.500. The van der Waals surface area contributed by atoms with E-state index in [9.17, 15) is 19.5 Å². The summed E-state index contributed by atoms with van der Waals surface area (Å²) in [4.78, 5) is 41.9. The summed E-state index contributed by atoms with van der Waals surface area (Å²) in [6.45, 7) is 1.70. The average molecular weight is 522 g/mol. The molecule has 2 saturated heterocycles. The van der Waals surface area contributed by atoms with Crippen LogP contribution in [0.2, 0.25) is 0 Å². The molecule has 0 spiro atoms. The minimum absolute atomic E-state index is 0.110. The maximum Gasteiger partial charge on any atom is 0.246 e. The first-order chi connectivity index (χ1) is 18.1. The molecule has 2 aliphatic heterocycles. The number of rotatable bonds is 11. The predicted molar refractivity (Wildman–Crippen MR) is 146 cm³/mol. The van der Waals surface area contributed by atoms with Crippen molar-refractivity contribution in [3.8, 4) is 5.75 Å². The number of unbranched alkanes of at least 4 members (excludes halogenated alkanes) is 3. The molecule has 8 heteroatoms. The molecule has 3 amide bonds. The molecule has 0 unspecified atom stereocenters. The molecule has 2 aliphatic rings. The van der Waals surface area contributed by atoms with Crippen molar-refractivity contribution in [3.63, 3.8) is 0 Å². The van der Waals surface area contributed by atoms with Gasteiger partial charge in [-0.2, -0.15) is 0 Å². The van der Waals surface area contributed by atoms with E-state index >= 15 is 0 Å². The van der Waals surface area contributed by atoms with E-state index in [0.29, 0.717) is 13.0 Å². The Labute approximate surface area is 225 Å². The summed E-state index contributed by atoms with van der Waals surface area (Å²) in [5.41, 5.74) is 1.70. The summed E-state index contributed by atoms with van der Waals surface area (Å²) in [7, 11) is 6.57. The lowest BCUT2D eigenvalue weighted by Gasteiger charge is -2.38. The first-order valence-electron chi connectivity index (χ1n) is 13.7. The van der Waals surface area contributed by atoms with Crippen molar-refractivity contribution >= 4 is 17.7 Å². The van der Waals surface area contributed by atoms with E-state index in [0.717, 1.165) is 47.8 Å². The number of hydrogen-bond donors (Lipinski definition) is 3. The largest absolute Gasteiger partial charge is 0.508 e. The number of nitrogens with zero attached hydrogens (tertiary/aromatic N) is 2. The second-order valence-electron chi connectivity index (χ2n) is 11.6. The van der Waals surface area contributed by atoms with Crippen LogP contribution in [0, 0.1) is 5.92 Å². The summed E-state index contributed by atoms with van der Waals surface area (Å²) >= 11 is 0. The van der Waals surface area contributed by atoms with Gasteiger partial charge in [-0.3, -0.25) is 14.4 Å². The van der Waals surface area contributed by atoms with Crippen molar-refractivity contribution in [1.29, 1.82) is 0 Å². The van der Waals surface area contributed by atoms with Gasteiger partial charge in [0.25, 0.3) is 0 Å². The van der Waals surface area contributed by atoms with Gasteiger partial charge >= 0.3 is 0 Å². The fourth-order valence-electron chi connectivity index (χ4n) is 5.61. The zero-order valence-electron chi connectivity index (χ0n) is 22.7. The third kappa shape index (κ3) is 6.72. The molecule has 4 atom stereocenters. The van der Waals surface area contributed by atoms with E-state index in [1.807, 2.05) is 30.3 Å². The number of carbonyl (C=O) groups excluding carboxylic acids is 3. The Hall–Kier alpha value is -3.39. The molecule has 2 heterocycles. The minimum atomic E-state index is -0.695. The number of phenols is 1. The van der Waals surface area contributed by atoms with Gasteiger partial charge in [0, 0.05) is 13.0 Å². The Kier molecular flexibility index (Phi) is 8.72. The molecule has 0 aromatic heterocycles. The van der Waals surface area contributed by atoms with E-state index in [-0.39, 0.29) is 29.9 Å². The molecule has 2 aromatic rings. The fourth-order valence-corrected chi connectivity index (χ4v) is 5.61. The molecule has 204 valence electrons. The monoisotopic (exact) mass is 521 g/mol. The number of quaternary nitrogens is 1. The Morgan fingerprint density at radius 1 is 1.00 bits per heavy atom. The van der Waals surface area contributed by atoms with Crippen LogP contribution in [0.4, 0.5) is 0 Å². The third-order valence-electron chi connectivity index (χ3n) is 7.57. The summed E-state index contributed by atoms with van der Waals surface area (Å²) in [5, 5.41) is 15.8. The van der Waals surface area contributed by atoms with Crippen LogP contribution < -0.4 is 10.6 Å². The number of fused-ring (bicyclic) bond motifs is 1. The van der Waals surface area contributed by atoms with Crippen molar-refractivity contribution in [2.24, 2.45) is 5.92 Å². The minimum Gasteiger partial charge on any atom is -0.508 e. The first-order valence-corrected chi connectivity index (χ1v) is 13.7. The molecule has 2 aromatic carbocycles. The molecular formula is C30H41N4O4+. The van der Waals surface area contributed by atoms with E-state index in [1.54, 1.807) is 29.2 Å². The Morgan fingerprint density at radius 2 is 1.68 bits per heavy atom. The molecule has 38 heavy (non-hydrogen) atoms. The summed E-state index contributed by atoms with van der Waals surface area (Å²) in [6.07, 6.45) is 4.88.